The van der Waals surface area contributed by atoms with Gasteiger partial charge in [-0.15, -0.1) is 0 Å². The van der Waals surface area contributed by atoms with Crippen LogP contribution in [0.15, 0.2) is 36.7 Å². The standard InChI is InChI=1S/C14H17N3O/c1-10(2)12-5-3-4-6-13(12)18-14-9-16-11(7-15)8-17-14/h3-6,8-10H,7,15H2,1-2H3. The summed E-state index contributed by atoms with van der Waals surface area (Å²) in [4.78, 5) is 8.34. The Bertz CT molecular complexity index is 509. The number of aromatic nitrogens is 2. The summed E-state index contributed by atoms with van der Waals surface area (Å²) in [5, 5.41) is 0. The minimum Gasteiger partial charge on any atom is -0.437 e. The quantitative estimate of drug-likeness (QED) is 0.897. The summed E-state index contributed by atoms with van der Waals surface area (Å²) >= 11 is 0. The van der Waals surface area contributed by atoms with Gasteiger partial charge in [-0.3, -0.25) is 4.98 Å². The van der Waals surface area contributed by atoms with E-state index in [0.29, 0.717) is 18.3 Å². The highest BCUT2D eigenvalue weighted by molar-refractivity contribution is 5.37. The van der Waals surface area contributed by atoms with Gasteiger partial charge in [0.1, 0.15) is 5.75 Å². The molecule has 0 unspecified atom stereocenters. The zero-order chi connectivity index (χ0) is 13.0. The second-order valence-corrected chi connectivity index (χ2v) is 4.34. The molecule has 18 heavy (non-hydrogen) atoms. The van der Waals surface area contributed by atoms with E-state index in [1.165, 1.54) is 0 Å². The van der Waals surface area contributed by atoms with Crippen LogP contribution in [0.3, 0.4) is 0 Å². The van der Waals surface area contributed by atoms with Crippen molar-refractivity contribution < 1.29 is 4.74 Å². The Balaban J connectivity index is 2.22. The van der Waals surface area contributed by atoms with Gasteiger partial charge in [0.25, 0.3) is 0 Å². The minimum absolute atomic E-state index is 0.385. The van der Waals surface area contributed by atoms with Crippen molar-refractivity contribution in [2.75, 3.05) is 0 Å². The molecule has 2 rings (SSSR count). The van der Waals surface area contributed by atoms with E-state index in [9.17, 15) is 0 Å². The van der Waals surface area contributed by atoms with E-state index in [1.54, 1.807) is 12.4 Å². The fraction of sp³-hybridized carbons (Fsp3) is 0.286. The van der Waals surface area contributed by atoms with Crippen LogP contribution in [0.5, 0.6) is 11.6 Å². The highest BCUT2D eigenvalue weighted by atomic mass is 16.5. The van der Waals surface area contributed by atoms with Crippen molar-refractivity contribution in [1.82, 2.24) is 9.97 Å². The highest BCUT2D eigenvalue weighted by Crippen LogP contribution is 2.28. The number of nitrogens with two attached hydrogens (primary N) is 1. The van der Waals surface area contributed by atoms with Gasteiger partial charge in [0.15, 0.2) is 0 Å². The van der Waals surface area contributed by atoms with Gasteiger partial charge in [-0.25, -0.2) is 4.98 Å². The molecule has 0 amide bonds. The molecule has 1 aromatic heterocycles. The Hall–Kier alpha value is -1.94. The first-order valence-electron chi connectivity index (χ1n) is 5.98. The Labute approximate surface area is 107 Å². The van der Waals surface area contributed by atoms with Crippen LogP contribution >= 0.6 is 0 Å². The maximum atomic E-state index is 5.76. The zero-order valence-electron chi connectivity index (χ0n) is 10.6. The van der Waals surface area contributed by atoms with Gasteiger partial charge < -0.3 is 10.5 Å². The Kier molecular flexibility index (Phi) is 3.89. The third-order valence-corrected chi connectivity index (χ3v) is 2.65. The average molecular weight is 243 g/mol. The molecule has 4 heteroatoms. The van der Waals surface area contributed by atoms with Crippen LogP contribution in [0.2, 0.25) is 0 Å². The molecule has 0 aliphatic carbocycles. The molecule has 1 aromatic carbocycles. The zero-order valence-corrected chi connectivity index (χ0v) is 10.6. The van der Waals surface area contributed by atoms with E-state index in [2.05, 4.69) is 29.9 Å². The van der Waals surface area contributed by atoms with Gasteiger partial charge in [0.2, 0.25) is 5.88 Å². The van der Waals surface area contributed by atoms with Crippen molar-refractivity contribution in [3.63, 3.8) is 0 Å². The van der Waals surface area contributed by atoms with Crippen LogP contribution in [-0.4, -0.2) is 9.97 Å². The molecule has 0 spiro atoms. The lowest BCUT2D eigenvalue weighted by atomic mass is 10.0. The van der Waals surface area contributed by atoms with Crippen molar-refractivity contribution in [3.05, 3.63) is 47.9 Å². The summed E-state index contributed by atoms with van der Waals surface area (Å²) in [6, 6.07) is 7.95. The second-order valence-electron chi connectivity index (χ2n) is 4.34. The lowest BCUT2D eigenvalue weighted by Crippen LogP contribution is -2.01. The van der Waals surface area contributed by atoms with Crippen molar-refractivity contribution in [2.24, 2.45) is 5.73 Å². The van der Waals surface area contributed by atoms with Crippen molar-refractivity contribution in [2.45, 2.75) is 26.3 Å². The number of benzene rings is 1. The first-order valence-corrected chi connectivity index (χ1v) is 5.98. The lowest BCUT2D eigenvalue weighted by molar-refractivity contribution is 0.451. The molecule has 0 atom stereocenters. The highest BCUT2D eigenvalue weighted by Gasteiger charge is 2.08. The molecule has 1 heterocycles. The van der Waals surface area contributed by atoms with Gasteiger partial charge in [-0.1, -0.05) is 32.0 Å². The van der Waals surface area contributed by atoms with Gasteiger partial charge in [0, 0.05) is 6.54 Å². The fourth-order valence-corrected chi connectivity index (χ4v) is 1.66. The Morgan fingerprint density at radius 1 is 1.17 bits per heavy atom. The average Bonchev–Trinajstić information content (AvgIpc) is 2.40. The van der Waals surface area contributed by atoms with Crippen molar-refractivity contribution >= 4 is 0 Å². The van der Waals surface area contributed by atoms with E-state index >= 15 is 0 Å². The molecule has 2 N–H and O–H groups in total. The van der Waals surface area contributed by atoms with Gasteiger partial charge in [0.05, 0.1) is 18.1 Å². The van der Waals surface area contributed by atoms with E-state index < -0.39 is 0 Å². The molecule has 0 radical (unpaired) electrons. The van der Waals surface area contributed by atoms with Gasteiger partial charge in [-0.2, -0.15) is 0 Å². The first-order chi connectivity index (χ1) is 8.70. The van der Waals surface area contributed by atoms with Crippen molar-refractivity contribution in [3.8, 4) is 11.6 Å². The largest absolute Gasteiger partial charge is 0.437 e. The molecular weight excluding hydrogens is 226 g/mol. The summed E-state index contributed by atoms with van der Waals surface area (Å²) in [6.45, 7) is 4.65. The molecule has 0 aliphatic heterocycles. The smallest absolute Gasteiger partial charge is 0.237 e. The maximum absolute atomic E-state index is 5.76. The van der Waals surface area contributed by atoms with Crippen LogP contribution < -0.4 is 10.5 Å². The Morgan fingerprint density at radius 3 is 2.56 bits per heavy atom. The van der Waals surface area contributed by atoms with Crippen LogP contribution in [-0.2, 0) is 6.54 Å². The van der Waals surface area contributed by atoms with E-state index in [4.69, 9.17) is 10.5 Å². The lowest BCUT2D eigenvalue weighted by Gasteiger charge is -2.12. The molecule has 0 bridgehead atoms. The first kappa shape index (κ1) is 12.5. The van der Waals surface area contributed by atoms with Crippen LogP contribution in [0, 0.1) is 0 Å². The predicted molar refractivity (Wildman–Crippen MR) is 70.5 cm³/mol. The second kappa shape index (κ2) is 5.60. The predicted octanol–water partition coefficient (Wildman–Crippen LogP) is 2.85. The van der Waals surface area contributed by atoms with E-state index in [-0.39, 0.29) is 0 Å². The number of nitrogens with zero attached hydrogens (tertiary/aromatic N) is 2. The normalized spacial score (nSPS) is 10.7. The van der Waals surface area contributed by atoms with Crippen molar-refractivity contribution in [1.29, 1.82) is 0 Å². The van der Waals surface area contributed by atoms with Crippen LogP contribution in [0.1, 0.15) is 31.0 Å². The number of hydrogen-bond donors (Lipinski definition) is 1. The number of hydrogen-bond acceptors (Lipinski definition) is 4. The van der Waals surface area contributed by atoms with E-state index in [0.717, 1.165) is 17.0 Å². The minimum atomic E-state index is 0.385. The number of para-hydroxylation sites is 1. The summed E-state index contributed by atoms with van der Waals surface area (Å²) in [7, 11) is 0. The molecular formula is C14H17N3O. The number of ether oxygens (including phenoxy) is 1. The monoisotopic (exact) mass is 243 g/mol. The topological polar surface area (TPSA) is 61.0 Å². The maximum Gasteiger partial charge on any atom is 0.237 e. The summed E-state index contributed by atoms with van der Waals surface area (Å²) < 4.78 is 5.76. The van der Waals surface area contributed by atoms with E-state index in [1.807, 2.05) is 18.2 Å². The summed E-state index contributed by atoms with van der Waals surface area (Å²) in [5.41, 5.74) is 7.38. The fourth-order valence-electron chi connectivity index (χ4n) is 1.66. The third-order valence-electron chi connectivity index (χ3n) is 2.65. The molecule has 0 saturated heterocycles. The molecule has 2 aromatic rings. The van der Waals surface area contributed by atoms with Crippen LogP contribution in [0.25, 0.3) is 0 Å². The molecule has 0 saturated carbocycles. The Morgan fingerprint density at radius 2 is 1.94 bits per heavy atom. The third kappa shape index (κ3) is 2.84. The molecule has 4 nitrogen and oxygen atoms in total. The van der Waals surface area contributed by atoms with Gasteiger partial charge >= 0.3 is 0 Å². The summed E-state index contributed by atoms with van der Waals surface area (Å²) in [5.74, 6) is 1.71. The van der Waals surface area contributed by atoms with Gasteiger partial charge in [-0.05, 0) is 17.5 Å². The molecule has 94 valence electrons. The summed E-state index contributed by atoms with van der Waals surface area (Å²) in [6.07, 6.45) is 3.23. The SMILES string of the molecule is CC(C)c1ccccc1Oc1cnc(CN)cn1. The molecule has 0 aliphatic rings. The number of rotatable bonds is 4. The molecule has 0 fully saturated rings. The van der Waals surface area contributed by atoms with Crippen LogP contribution in [0.4, 0.5) is 0 Å².